The van der Waals surface area contributed by atoms with Gasteiger partial charge in [0.15, 0.2) is 0 Å². The number of aromatic nitrogens is 2. The standard InChI is InChI=1S/C22H21ClF3N3O3/c1-12(2)21(31)27-11-13-3-8-17(23)16(9-13)20-28-18(10-19(30)29-20)14-4-6-15(7-5-14)32-22(24,25)26/h3-10,12,16-17H,11H2,1-2H3,(H,27,31)(H,28,29,30). The van der Waals surface area contributed by atoms with Crippen molar-refractivity contribution in [2.75, 3.05) is 6.54 Å². The third-order valence-electron chi connectivity index (χ3n) is 4.68. The topological polar surface area (TPSA) is 84.1 Å². The van der Waals surface area contributed by atoms with Crippen molar-refractivity contribution >= 4 is 17.5 Å². The Balaban J connectivity index is 1.85. The molecule has 1 aromatic heterocycles. The molecule has 1 aliphatic rings. The Kier molecular flexibility index (Phi) is 7.08. The lowest BCUT2D eigenvalue weighted by Crippen LogP contribution is -2.30. The van der Waals surface area contributed by atoms with Crippen LogP contribution in [-0.4, -0.2) is 34.2 Å². The van der Waals surface area contributed by atoms with Gasteiger partial charge in [0.25, 0.3) is 5.56 Å². The summed E-state index contributed by atoms with van der Waals surface area (Å²) >= 11 is 6.42. The van der Waals surface area contributed by atoms with Crippen molar-refractivity contribution in [2.45, 2.75) is 31.5 Å². The number of halogens is 4. The fraction of sp³-hybridized carbons (Fsp3) is 0.318. The van der Waals surface area contributed by atoms with Crippen LogP contribution >= 0.6 is 11.6 Å². The predicted molar refractivity (Wildman–Crippen MR) is 114 cm³/mol. The molecule has 2 atom stereocenters. The molecule has 2 N–H and O–H groups in total. The lowest BCUT2D eigenvalue weighted by atomic mass is 9.94. The lowest BCUT2D eigenvalue weighted by Gasteiger charge is -2.21. The molecule has 10 heteroatoms. The Labute approximate surface area is 187 Å². The highest BCUT2D eigenvalue weighted by Gasteiger charge is 2.31. The normalized spacial score (nSPS) is 18.4. The van der Waals surface area contributed by atoms with E-state index in [1.807, 2.05) is 6.08 Å². The first-order chi connectivity index (χ1) is 15.0. The van der Waals surface area contributed by atoms with Crippen molar-refractivity contribution in [1.82, 2.24) is 15.3 Å². The summed E-state index contributed by atoms with van der Waals surface area (Å²) < 4.78 is 40.9. The number of hydrogen-bond donors (Lipinski definition) is 2. The van der Waals surface area contributed by atoms with Crippen LogP contribution in [0.1, 0.15) is 25.6 Å². The number of H-pyrrole nitrogens is 1. The highest BCUT2D eigenvalue weighted by atomic mass is 35.5. The molecular formula is C22H21ClF3N3O3. The number of alkyl halides is 4. The summed E-state index contributed by atoms with van der Waals surface area (Å²) in [5.41, 5.74) is 1.10. The van der Waals surface area contributed by atoms with E-state index in [9.17, 15) is 22.8 Å². The van der Waals surface area contributed by atoms with Crippen LogP contribution in [0.25, 0.3) is 11.3 Å². The third-order valence-corrected chi connectivity index (χ3v) is 5.10. The smallest absolute Gasteiger partial charge is 0.406 e. The fourth-order valence-corrected chi connectivity index (χ4v) is 3.33. The van der Waals surface area contributed by atoms with E-state index in [1.165, 1.54) is 18.2 Å². The van der Waals surface area contributed by atoms with Crippen LogP contribution in [0.15, 0.2) is 58.9 Å². The lowest BCUT2D eigenvalue weighted by molar-refractivity contribution is -0.274. The highest BCUT2D eigenvalue weighted by molar-refractivity contribution is 6.22. The molecule has 0 saturated heterocycles. The number of allylic oxidation sites excluding steroid dienone is 2. The zero-order valence-corrected chi connectivity index (χ0v) is 18.0. The number of nitrogens with zero attached hydrogens (tertiary/aromatic N) is 1. The molecular weight excluding hydrogens is 447 g/mol. The van der Waals surface area contributed by atoms with Gasteiger partial charge >= 0.3 is 6.36 Å². The van der Waals surface area contributed by atoms with E-state index in [0.717, 1.165) is 17.7 Å². The maximum Gasteiger partial charge on any atom is 0.573 e. The van der Waals surface area contributed by atoms with Gasteiger partial charge in [-0.25, -0.2) is 4.98 Å². The second-order valence-electron chi connectivity index (χ2n) is 7.53. The molecule has 1 amide bonds. The van der Waals surface area contributed by atoms with Gasteiger partial charge in [0.1, 0.15) is 11.6 Å². The van der Waals surface area contributed by atoms with Crippen LogP contribution in [-0.2, 0) is 4.79 Å². The van der Waals surface area contributed by atoms with E-state index in [0.29, 0.717) is 17.9 Å². The van der Waals surface area contributed by atoms with E-state index in [2.05, 4.69) is 20.0 Å². The maximum atomic E-state index is 12.4. The number of benzene rings is 1. The molecule has 1 heterocycles. The summed E-state index contributed by atoms with van der Waals surface area (Å²) in [7, 11) is 0. The van der Waals surface area contributed by atoms with Crippen molar-refractivity contribution in [1.29, 1.82) is 0 Å². The minimum absolute atomic E-state index is 0.0877. The number of carbonyl (C=O) groups is 1. The van der Waals surface area contributed by atoms with Crippen molar-refractivity contribution in [3.8, 4) is 17.0 Å². The summed E-state index contributed by atoms with van der Waals surface area (Å²) in [5, 5.41) is 2.34. The van der Waals surface area contributed by atoms with Crippen LogP contribution in [0.2, 0.25) is 0 Å². The monoisotopic (exact) mass is 467 g/mol. The maximum absolute atomic E-state index is 12.4. The van der Waals surface area contributed by atoms with Gasteiger partial charge in [-0.2, -0.15) is 0 Å². The summed E-state index contributed by atoms with van der Waals surface area (Å²) in [5.74, 6) is -0.772. The Morgan fingerprint density at radius 1 is 1.28 bits per heavy atom. The Bertz CT molecular complexity index is 1090. The summed E-state index contributed by atoms with van der Waals surface area (Å²) in [6, 6.07) is 6.31. The van der Waals surface area contributed by atoms with E-state index >= 15 is 0 Å². The average Bonchev–Trinajstić information content (AvgIpc) is 2.71. The Morgan fingerprint density at radius 2 is 1.97 bits per heavy atom. The van der Waals surface area contributed by atoms with Gasteiger partial charge in [-0.05, 0) is 29.8 Å². The highest BCUT2D eigenvalue weighted by Crippen LogP contribution is 2.30. The molecule has 32 heavy (non-hydrogen) atoms. The molecule has 0 spiro atoms. The van der Waals surface area contributed by atoms with Gasteiger partial charge in [0.05, 0.1) is 17.0 Å². The Hall–Kier alpha value is -3.07. The van der Waals surface area contributed by atoms with Crippen LogP contribution in [0, 0.1) is 5.92 Å². The largest absolute Gasteiger partial charge is 0.573 e. The van der Waals surface area contributed by atoms with E-state index < -0.39 is 23.2 Å². The molecule has 170 valence electrons. The minimum Gasteiger partial charge on any atom is -0.406 e. The average molecular weight is 468 g/mol. The van der Waals surface area contributed by atoms with Gasteiger partial charge in [0.2, 0.25) is 5.91 Å². The molecule has 2 aromatic rings. The zero-order valence-electron chi connectivity index (χ0n) is 17.2. The number of ether oxygens (including phenoxy) is 1. The number of aromatic amines is 1. The van der Waals surface area contributed by atoms with Crippen LogP contribution in [0.3, 0.4) is 0 Å². The van der Waals surface area contributed by atoms with E-state index in [4.69, 9.17) is 11.6 Å². The molecule has 6 nitrogen and oxygen atoms in total. The zero-order chi connectivity index (χ0) is 23.5. The summed E-state index contributed by atoms with van der Waals surface area (Å²) in [4.78, 5) is 31.2. The van der Waals surface area contributed by atoms with Crippen LogP contribution < -0.4 is 15.6 Å². The molecule has 0 bridgehead atoms. The summed E-state index contributed by atoms with van der Waals surface area (Å²) in [6.45, 7) is 3.89. The molecule has 3 rings (SSSR count). The van der Waals surface area contributed by atoms with E-state index in [-0.39, 0.29) is 23.3 Å². The number of nitrogens with one attached hydrogen (secondary N) is 2. The van der Waals surface area contributed by atoms with Crippen molar-refractivity contribution < 1.29 is 22.7 Å². The van der Waals surface area contributed by atoms with Gasteiger partial charge in [-0.1, -0.05) is 32.1 Å². The first-order valence-corrected chi connectivity index (χ1v) is 10.2. The molecule has 0 radical (unpaired) electrons. The van der Waals surface area contributed by atoms with Gasteiger partial charge in [-0.15, -0.1) is 24.8 Å². The predicted octanol–water partition coefficient (Wildman–Crippen LogP) is 4.29. The SMILES string of the molecule is CC(C)C(=O)NCC1=CC(c2nc(-c3ccc(OC(F)(F)F)cc3)cc(=O)[nH]2)C(Cl)C=C1. The Morgan fingerprint density at radius 3 is 2.59 bits per heavy atom. The van der Waals surface area contributed by atoms with Gasteiger partial charge in [0, 0.05) is 24.1 Å². The quantitative estimate of drug-likeness (QED) is 0.621. The molecule has 2 unspecified atom stereocenters. The second kappa shape index (κ2) is 9.60. The number of hydrogen-bond acceptors (Lipinski definition) is 4. The molecule has 1 aromatic carbocycles. The first-order valence-electron chi connectivity index (χ1n) is 9.80. The summed E-state index contributed by atoms with van der Waals surface area (Å²) in [6.07, 6.45) is 0.578. The van der Waals surface area contributed by atoms with E-state index in [1.54, 1.807) is 26.0 Å². The third kappa shape index (κ3) is 6.23. The minimum atomic E-state index is -4.79. The number of rotatable bonds is 6. The van der Waals surface area contributed by atoms with Crippen molar-refractivity contribution in [3.63, 3.8) is 0 Å². The molecule has 0 saturated carbocycles. The second-order valence-corrected chi connectivity index (χ2v) is 8.04. The molecule has 0 fully saturated rings. The van der Waals surface area contributed by atoms with Crippen molar-refractivity contribution in [2.24, 2.45) is 5.92 Å². The number of carbonyl (C=O) groups excluding carboxylic acids is 1. The van der Waals surface area contributed by atoms with Crippen LogP contribution in [0.4, 0.5) is 13.2 Å². The molecule has 1 aliphatic carbocycles. The first kappa shape index (κ1) is 23.6. The molecule has 0 aliphatic heterocycles. The van der Waals surface area contributed by atoms with Gasteiger partial charge in [-0.3, -0.25) is 9.59 Å². The van der Waals surface area contributed by atoms with Crippen molar-refractivity contribution in [3.05, 3.63) is 70.3 Å². The van der Waals surface area contributed by atoms with Crippen LogP contribution in [0.5, 0.6) is 5.75 Å². The van der Waals surface area contributed by atoms with Gasteiger partial charge < -0.3 is 15.0 Å². The fourth-order valence-electron chi connectivity index (χ4n) is 3.06. The number of amides is 1.